The SMILES string of the molecule is CNC(=O)c1cccc(C(=O)N2CCCC(NC)C2)c1. The highest BCUT2D eigenvalue weighted by atomic mass is 16.2. The Morgan fingerprint density at radius 3 is 2.70 bits per heavy atom. The molecule has 1 unspecified atom stereocenters. The summed E-state index contributed by atoms with van der Waals surface area (Å²) in [5.41, 5.74) is 1.09. The average Bonchev–Trinajstić information content (AvgIpc) is 2.53. The third kappa shape index (κ3) is 3.17. The lowest BCUT2D eigenvalue weighted by Gasteiger charge is -2.32. The van der Waals surface area contributed by atoms with Gasteiger partial charge in [-0.05, 0) is 38.1 Å². The number of carbonyl (C=O) groups is 2. The summed E-state index contributed by atoms with van der Waals surface area (Å²) in [7, 11) is 3.50. The Kier molecular flexibility index (Phi) is 4.74. The quantitative estimate of drug-likeness (QED) is 0.860. The second-order valence-corrected chi connectivity index (χ2v) is 5.04. The van der Waals surface area contributed by atoms with Crippen LogP contribution in [0.4, 0.5) is 0 Å². The van der Waals surface area contributed by atoms with E-state index in [1.54, 1.807) is 31.3 Å². The first-order valence-electron chi connectivity index (χ1n) is 6.94. The molecule has 108 valence electrons. The predicted octanol–water partition coefficient (Wildman–Crippen LogP) is 0.870. The van der Waals surface area contributed by atoms with Crippen molar-refractivity contribution in [3.63, 3.8) is 0 Å². The van der Waals surface area contributed by atoms with Crippen molar-refractivity contribution in [2.24, 2.45) is 0 Å². The molecule has 2 amide bonds. The highest BCUT2D eigenvalue weighted by molar-refractivity contribution is 5.99. The van der Waals surface area contributed by atoms with Gasteiger partial charge in [0.2, 0.25) is 0 Å². The van der Waals surface area contributed by atoms with Crippen LogP contribution in [0.1, 0.15) is 33.6 Å². The number of hydrogen-bond acceptors (Lipinski definition) is 3. The molecular formula is C15H21N3O2. The topological polar surface area (TPSA) is 61.4 Å². The second kappa shape index (κ2) is 6.52. The van der Waals surface area contributed by atoms with Gasteiger partial charge in [-0.25, -0.2) is 0 Å². The van der Waals surface area contributed by atoms with E-state index in [1.165, 1.54) is 0 Å². The van der Waals surface area contributed by atoms with Crippen LogP contribution < -0.4 is 10.6 Å². The van der Waals surface area contributed by atoms with Crippen molar-refractivity contribution >= 4 is 11.8 Å². The minimum atomic E-state index is -0.175. The van der Waals surface area contributed by atoms with Crippen molar-refractivity contribution < 1.29 is 9.59 Å². The normalized spacial score (nSPS) is 18.7. The first kappa shape index (κ1) is 14.5. The summed E-state index contributed by atoms with van der Waals surface area (Å²) in [4.78, 5) is 26.0. The first-order valence-corrected chi connectivity index (χ1v) is 6.94. The zero-order valence-corrected chi connectivity index (χ0v) is 12.0. The highest BCUT2D eigenvalue weighted by Crippen LogP contribution is 2.14. The maximum absolute atomic E-state index is 12.5. The molecule has 1 aromatic rings. The molecule has 0 radical (unpaired) electrons. The van der Waals surface area contributed by atoms with Crippen molar-refractivity contribution in [3.8, 4) is 0 Å². The zero-order chi connectivity index (χ0) is 14.5. The fourth-order valence-electron chi connectivity index (χ4n) is 2.52. The van der Waals surface area contributed by atoms with Crippen LogP contribution in [-0.2, 0) is 0 Å². The summed E-state index contributed by atoms with van der Waals surface area (Å²) in [6.07, 6.45) is 2.10. The van der Waals surface area contributed by atoms with E-state index in [9.17, 15) is 9.59 Å². The lowest BCUT2D eigenvalue weighted by molar-refractivity contribution is 0.0698. The van der Waals surface area contributed by atoms with E-state index in [1.807, 2.05) is 11.9 Å². The molecule has 1 atom stereocenters. The van der Waals surface area contributed by atoms with Gasteiger partial charge in [0, 0.05) is 37.3 Å². The first-order chi connectivity index (χ1) is 9.65. The molecule has 1 fully saturated rings. The monoisotopic (exact) mass is 275 g/mol. The van der Waals surface area contributed by atoms with Crippen LogP contribution in [-0.4, -0.2) is 49.9 Å². The Balaban J connectivity index is 2.14. The van der Waals surface area contributed by atoms with Crippen LogP contribution in [0.2, 0.25) is 0 Å². The number of benzene rings is 1. The van der Waals surface area contributed by atoms with Gasteiger partial charge in [0.15, 0.2) is 0 Å². The molecule has 1 aliphatic heterocycles. The van der Waals surface area contributed by atoms with E-state index < -0.39 is 0 Å². The fourth-order valence-corrected chi connectivity index (χ4v) is 2.52. The van der Waals surface area contributed by atoms with Gasteiger partial charge in [-0.1, -0.05) is 6.07 Å². The third-order valence-corrected chi connectivity index (χ3v) is 3.72. The Morgan fingerprint density at radius 1 is 1.25 bits per heavy atom. The number of nitrogens with one attached hydrogen (secondary N) is 2. The Bertz CT molecular complexity index is 502. The largest absolute Gasteiger partial charge is 0.355 e. The smallest absolute Gasteiger partial charge is 0.253 e. The molecule has 5 nitrogen and oxygen atoms in total. The molecule has 20 heavy (non-hydrogen) atoms. The lowest BCUT2D eigenvalue weighted by atomic mass is 10.0. The molecule has 1 heterocycles. The average molecular weight is 275 g/mol. The second-order valence-electron chi connectivity index (χ2n) is 5.04. The summed E-state index contributed by atoms with van der Waals surface area (Å²) in [5, 5.41) is 5.79. The van der Waals surface area contributed by atoms with Crippen molar-refractivity contribution in [1.82, 2.24) is 15.5 Å². The van der Waals surface area contributed by atoms with Gasteiger partial charge in [-0.15, -0.1) is 0 Å². The minimum Gasteiger partial charge on any atom is -0.355 e. The minimum absolute atomic E-state index is 0.00398. The molecule has 1 aliphatic rings. The van der Waals surface area contributed by atoms with Gasteiger partial charge < -0.3 is 15.5 Å². The standard InChI is InChI=1S/C15H21N3O2/c1-16-13-7-4-8-18(10-13)15(20)12-6-3-5-11(9-12)14(19)17-2/h3,5-6,9,13,16H,4,7-8,10H2,1-2H3,(H,17,19). The van der Waals surface area contributed by atoms with Crippen molar-refractivity contribution in [2.75, 3.05) is 27.2 Å². The zero-order valence-electron chi connectivity index (χ0n) is 12.0. The molecule has 0 aliphatic carbocycles. The van der Waals surface area contributed by atoms with E-state index in [4.69, 9.17) is 0 Å². The summed E-state index contributed by atoms with van der Waals surface area (Å²) in [5.74, 6) is -0.179. The van der Waals surface area contributed by atoms with E-state index >= 15 is 0 Å². The van der Waals surface area contributed by atoms with Crippen LogP contribution in [0.5, 0.6) is 0 Å². The number of likely N-dealkylation sites (N-methyl/N-ethyl adjacent to an activating group) is 1. The molecular weight excluding hydrogens is 254 g/mol. The van der Waals surface area contributed by atoms with E-state index in [2.05, 4.69) is 10.6 Å². The Hall–Kier alpha value is -1.88. The number of likely N-dealkylation sites (tertiary alicyclic amines) is 1. The Labute approximate surface area is 119 Å². The molecule has 1 saturated heterocycles. The fraction of sp³-hybridized carbons (Fsp3) is 0.467. The molecule has 0 saturated carbocycles. The molecule has 1 aromatic carbocycles. The lowest BCUT2D eigenvalue weighted by Crippen LogP contribution is -2.47. The third-order valence-electron chi connectivity index (χ3n) is 3.72. The number of rotatable bonds is 3. The summed E-state index contributed by atoms with van der Waals surface area (Å²) in [6, 6.07) is 7.23. The molecule has 5 heteroatoms. The molecule has 0 aromatic heterocycles. The van der Waals surface area contributed by atoms with Crippen molar-refractivity contribution in [2.45, 2.75) is 18.9 Å². The van der Waals surface area contributed by atoms with Gasteiger partial charge in [0.1, 0.15) is 0 Å². The van der Waals surface area contributed by atoms with Crippen LogP contribution in [0.15, 0.2) is 24.3 Å². The summed E-state index contributed by atoms with van der Waals surface area (Å²) < 4.78 is 0. The summed E-state index contributed by atoms with van der Waals surface area (Å²) >= 11 is 0. The molecule has 0 bridgehead atoms. The highest BCUT2D eigenvalue weighted by Gasteiger charge is 2.23. The van der Waals surface area contributed by atoms with Gasteiger partial charge >= 0.3 is 0 Å². The van der Waals surface area contributed by atoms with Crippen molar-refractivity contribution in [1.29, 1.82) is 0 Å². The molecule has 2 rings (SSSR count). The van der Waals surface area contributed by atoms with Gasteiger partial charge in [0.05, 0.1) is 0 Å². The Morgan fingerprint density at radius 2 is 2.00 bits per heavy atom. The van der Waals surface area contributed by atoms with Crippen LogP contribution in [0, 0.1) is 0 Å². The van der Waals surface area contributed by atoms with Gasteiger partial charge in [-0.3, -0.25) is 9.59 Å². The van der Waals surface area contributed by atoms with Crippen molar-refractivity contribution in [3.05, 3.63) is 35.4 Å². The maximum Gasteiger partial charge on any atom is 0.253 e. The van der Waals surface area contributed by atoms with E-state index in [-0.39, 0.29) is 11.8 Å². The van der Waals surface area contributed by atoms with E-state index in [0.717, 1.165) is 25.9 Å². The molecule has 2 N–H and O–H groups in total. The number of piperidine rings is 1. The maximum atomic E-state index is 12.5. The predicted molar refractivity (Wildman–Crippen MR) is 77.8 cm³/mol. The molecule has 0 spiro atoms. The van der Waals surface area contributed by atoms with Crippen LogP contribution in [0.3, 0.4) is 0 Å². The van der Waals surface area contributed by atoms with Gasteiger partial charge in [0.25, 0.3) is 11.8 Å². The van der Waals surface area contributed by atoms with E-state index in [0.29, 0.717) is 17.2 Å². The van der Waals surface area contributed by atoms with Gasteiger partial charge in [-0.2, -0.15) is 0 Å². The number of nitrogens with zero attached hydrogens (tertiary/aromatic N) is 1. The number of amides is 2. The summed E-state index contributed by atoms with van der Waals surface area (Å²) in [6.45, 7) is 1.50. The number of hydrogen-bond donors (Lipinski definition) is 2. The number of carbonyl (C=O) groups excluding carboxylic acids is 2. The van der Waals surface area contributed by atoms with Crippen LogP contribution in [0.25, 0.3) is 0 Å². The van der Waals surface area contributed by atoms with Crippen LogP contribution >= 0.6 is 0 Å².